The fraction of sp³-hybridized carbons (Fsp3) is 0.125. The lowest BCUT2D eigenvalue weighted by Gasteiger charge is -2.03. The summed E-state index contributed by atoms with van der Waals surface area (Å²) in [7, 11) is 0. The fourth-order valence-corrected chi connectivity index (χ4v) is 1.10. The van der Waals surface area contributed by atoms with E-state index in [-0.39, 0.29) is 0 Å². The Balaban J connectivity index is 2.89. The van der Waals surface area contributed by atoms with Crippen LogP contribution in [-0.2, 0) is 5.88 Å². The van der Waals surface area contributed by atoms with E-state index in [1.165, 1.54) is 0 Å². The molecule has 0 saturated heterocycles. The summed E-state index contributed by atoms with van der Waals surface area (Å²) in [6.45, 7) is 0. The summed E-state index contributed by atoms with van der Waals surface area (Å²) in [6.07, 6.45) is 0. The van der Waals surface area contributed by atoms with Crippen molar-refractivity contribution in [2.45, 2.75) is 5.88 Å². The molecular formula is C8H6Cl2O2. The van der Waals surface area contributed by atoms with Gasteiger partial charge >= 0.3 is 5.43 Å². The summed E-state index contributed by atoms with van der Waals surface area (Å²) in [5.41, 5.74) is -0.110. The van der Waals surface area contributed by atoms with Crippen LogP contribution in [-0.4, -0.2) is 5.43 Å². The van der Waals surface area contributed by atoms with Gasteiger partial charge < -0.3 is 4.74 Å². The highest BCUT2D eigenvalue weighted by molar-refractivity contribution is 6.61. The highest BCUT2D eigenvalue weighted by atomic mass is 35.5. The largest absolute Gasteiger partial charge is 0.414 e. The molecule has 64 valence electrons. The van der Waals surface area contributed by atoms with Crippen LogP contribution in [0.1, 0.15) is 5.56 Å². The molecule has 0 heterocycles. The van der Waals surface area contributed by atoms with Gasteiger partial charge in [-0.1, -0.05) is 18.2 Å². The van der Waals surface area contributed by atoms with Gasteiger partial charge in [-0.3, -0.25) is 0 Å². The third-order valence-corrected chi connectivity index (χ3v) is 1.67. The van der Waals surface area contributed by atoms with Crippen LogP contribution in [0.4, 0.5) is 4.79 Å². The number of rotatable bonds is 2. The zero-order valence-electron chi connectivity index (χ0n) is 6.09. The molecule has 2 nitrogen and oxygen atoms in total. The number of benzene rings is 1. The summed E-state index contributed by atoms with van der Waals surface area (Å²) >= 11 is 10.6. The van der Waals surface area contributed by atoms with Crippen molar-refractivity contribution in [3.63, 3.8) is 0 Å². The van der Waals surface area contributed by atoms with E-state index < -0.39 is 5.43 Å². The molecule has 0 aromatic heterocycles. The third kappa shape index (κ3) is 2.40. The van der Waals surface area contributed by atoms with Crippen molar-refractivity contribution >= 4 is 28.6 Å². The number of carbonyl (C=O) groups excluding carboxylic acids is 1. The van der Waals surface area contributed by atoms with Crippen LogP contribution >= 0.6 is 23.2 Å². The maximum Gasteiger partial charge on any atom is 0.409 e. The predicted molar refractivity (Wildman–Crippen MR) is 47.9 cm³/mol. The molecule has 0 spiro atoms. The molecule has 0 bridgehead atoms. The van der Waals surface area contributed by atoms with Crippen LogP contribution in [0, 0.1) is 0 Å². The second-order valence-electron chi connectivity index (χ2n) is 2.08. The summed E-state index contributed by atoms with van der Waals surface area (Å²) in [6, 6.07) is 6.95. The quantitative estimate of drug-likeness (QED) is 0.547. The lowest BCUT2D eigenvalue weighted by Crippen LogP contribution is -1.98. The lowest BCUT2D eigenvalue weighted by molar-refractivity contribution is 0.225. The van der Waals surface area contributed by atoms with Gasteiger partial charge in [-0.15, -0.1) is 11.6 Å². The van der Waals surface area contributed by atoms with Crippen molar-refractivity contribution in [2.24, 2.45) is 0 Å². The van der Waals surface area contributed by atoms with Gasteiger partial charge in [0.2, 0.25) is 0 Å². The molecule has 0 radical (unpaired) electrons. The first-order valence-corrected chi connectivity index (χ1v) is 4.16. The lowest BCUT2D eigenvalue weighted by atomic mass is 10.2. The molecule has 1 aromatic rings. The number of halogens is 2. The van der Waals surface area contributed by atoms with Crippen molar-refractivity contribution in [2.75, 3.05) is 0 Å². The molecule has 0 aliphatic heterocycles. The second kappa shape index (κ2) is 4.33. The Hall–Kier alpha value is -0.730. The second-order valence-corrected chi connectivity index (χ2v) is 2.66. The molecule has 12 heavy (non-hydrogen) atoms. The number of ether oxygens (including phenoxy) is 1. The molecular weight excluding hydrogens is 199 g/mol. The van der Waals surface area contributed by atoms with E-state index >= 15 is 0 Å². The molecule has 0 N–H and O–H groups in total. The molecule has 1 aromatic carbocycles. The van der Waals surface area contributed by atoms with Gasteiger partial charge in [-0.2, -0.15) is 0 Å². The predicted octanol–water partition coefficient (Wildman–Crippen LogP) is 3.16. The van der Waals surface area contributed by atoms with Crippen LogP contribution in [0.25, 0.3) is 0 Å². The van der Waals surface area contributed by atoms with E-state index in [4.69, 9.17) is 23.2 Å². The van der Waals surface area contributed by atoms with Gasteiger partial charge in [0.1, 0.15) is 5.75 Å². The van der Waals surface area contributed by atoms with E-state index in [1.807, 2.05) is 6.07 Å². The minimum absolute atomic E-state index is 0.292. The van der Waals surface area contributed by atoms with Gasteiger partial charge in [0, 0.05) is 17.2 Å². The van der Waals surface area contributed by atoms with Crippen molar-refractivity contribution < 1.29 is 9.53 Å². The first-order chi connectivity index (χ1) is 5.74. The Labute approximate surface area is 80.0 Å². The standard InChI is InChI=1S/C8H6Cl2O2/c9-5-6-3-1-2-4-7(6)12-8(10)11/h1-4H,5H2. The van der Waals surface area contributed by atoms with E-state index in [1.54, 1.807) is 18.2 Å². The molecule has 0 saturated carbocycles. The number of alkyl halides is 1. The van der Waals surface area contributed by atoms with Crippen LogP contribution in [0.3, 0.4) is 0 Å². The van der Waals surface area contributed by atoms with E-state index in [2.05, 4.69) is 4.74 Å². The van der Waals surface area contributed by atoms with Gasteiger partial charge in [0.05, 0.1) is 5.88 Å². The summed E-state index contributed by atoms with van der Waals surface area (Å²) in [4.78, 5) is 10.4. The average Bonchev–Trinajstić information content (AvgIpc) is 2.04. The van der Waals surface area contributed by atoms with Crippen molar-refractivity contribution in [1.29, 1.82) is 0 Å². The molecule has 0 amide bonds. The Morgan fingerprint density at radius 3 is 2.67 bits per heavy atom. The maximum absolute atomic E-state index is 10.4. The zero-order chi connectivity index (χ0) is 8.97. The minimum atomic E-state index is -0.854. The summed E-state index contributed by atoms with van der Waals surface area (Å²) in [5.74, 6) is 0.702. The monoisotopic (exact) mass is 204 g/mol. The summed E-state index contributed by atoms with van der Waals surface area (Å²) in [5, 5.41) is 0. The van der Waals surface area contributed by atoms with Gasteiger partial charge in [-0.05, 0) is 6.07 Å². The molecule has 0 aliphatic rings. The van der Waals surface area contributed by atoms with Crippen molar-refractivity contribution in [3.05, 3.63) is 29.8 Å². The van der Waals surface area contributed by atoms with Crippen LogP contribution < -0.4 is 4.74 Å². The Kier molecular flexibility index (Phi) is 3.38. The van der Waals surface area contributed by atoms with E-state index in [0.717, 1.165) is 5.56 Å². The SMILES string of the molecule is O=C(Cl)Oc1ccccc1CCl. The van der Waals surface area contributed by atoms with Crippen molar-refractivity contribution in [3.8, 4) is 5.75 Å². The topological polar surface area (TPSA) is 26.3 Å². The molecule has 0 fully saturated rings. The molecule has 4 heteroatoms. The van der Waals surface area contributed by atoms with E-state index in [0.29, 0.717) is 11.6 Å². The highest BCUT2D eigenvalue weighted by Crippen LogP contribution is 2.20. The average molecular weight is 205 g/mol. The van der Waals surface area contributed by atoms with Crippen molar-refractivity contribution in [1.82, 2.24) is 0 Å². The van der Waals surface area contributed by atoms with Crippen LogP contribution in [0.15, 0.2) is 24.3 Å². The summed E-state index contributed by atoms with van der Waals surface area (Å²) < 4.78 is 4.68. The van der Waals surface area contributed by atoms with Crippen LogP contribution in [0.2, 0.25) is 0 Å². The van der Waals surface area contributed by atoms with Crippen LogP contribution in [0.5, 0.6) is 5.75 Å². The normalized spacial score (nSPS) is 9.50. The molecule has 0 aliphatic carbocycles. The Morgan fingerprint density at radius 1 is 1.42 bits per heavy atom. The highest BCUT2D eigenvalue weighted by Gasteiger charge is 2.04. The molecule has 0 unspecified atom stereocenters. The third-order valence-electron chi connectivity index (χ3n) is 1.31. The Morgan fingerprint density at radius 2 is 2.08 bits per heavy atom. The first kappa shape index (κ1) is 9.36. The van der Waals surface area contributed by atoms with Gasteiger partial charge in [-0.25, -0.2) is 4.79 Å². The van der Waals surface area contributed by atoms with E-state index in [9.17, 15) is 4.79 Å². The first-order valence-electron chi connectivity index (χ1n) is 3.25. The maximum atomic E-state index is 10.4. The molecule has 0 atom stereocenters. The molecule has 1 rings (SSSR count). The zero-order valence-corrected chi connectivity index (χ0v) is 7.60. The minimum Gasteiger partial charge on any atom is -0.414 e. The number of para-hydroxylation sites is 1. The van der Waals surface area contributed by atoms with Gasteiger partial charge in [0.25, 0.3) is 0 Å². The number of hydrogen-bond acceptors (Lipinski definition) is 2. The van der Waals surface area contributed by atoms with Gasteiger partial charge in [0.15, 0.2) is 0 Å². The number of hydrogen-bond donors (Lipinski definition) is 0. The smallest absolute Gasteiger partial charge is 0.409 e. The Bertz CT molecular complexity index is 286. The fourth-order valence-electron chi connectivity index (χ4n) is 0.800. The number of carbonyl (C=O) groups is 1.